The minimum Gasteiger partial charge on any atom is -0.348 e. The van der Waals surface area contributed by atoms with Crippen molar-refractivity contribution in [3.8, 4) is 0 Å². The van der Waals surface area contributed by atoms with Gasteiger partial charge in [-0.1, -0.05) is 35.1 Å². The number of alkyl halides is 3. The second-order valence-corrected chi connectivity index (χ2v) is 9.44. The zero-order valence-electron chi connectivity index (χ0n) is 15.2. The molecule has 0 unspecified atom stereocenters. The number of benzene rings is 2. The Kier molecular flexibility index (Phi) is 6.53. The summed E-state index contributed by atoms with van der Waals surface area (Å²) in [6.45, 7) is -0.283. The molecule has 164 valence electrons. The van der Waals surface area contributed by atoms with Crippen molar-refractivity contribution in [2.24, 2.45) is 0 Å². The molecule has 1 heterocycles. The molecule has 6 nitrogen and oxygen atoms in total. The summed E-state index contributed by atoms with van der Waals surface area (Å²) in [4.78, 5) is 15.5. The van der Waals surface area contributed by atoms with Crippen LogP contribution in [0.4, 0.5) is 22.7 Å². The highest BCUT2D eigenvalue weighted by Gasteiger charge is 2.30. The van der Waals surface area contributed by atoms with Gasteiger partial charge in [0.15, 0.2) is 5.13 Å². The maximum Gasteiger partial charge on any atom is 0.416 e. The third-order valence-corrected chi connectivity index (χ3v) is 6.40. The summed E-state index contributed by atoms with van der Waals surface area (Å²) in [6.07, 6.45) is -3.30. The zero-order chi connectivity index (χ0) is 22.8. The summed E-state index contributed by atoms with van der Waals surface area (Å²) < 4.78 is 79.7. The molecule has 2 N–H and O–H groups in total. The highest BCUT2D eigenvalue weighted by Crippen LogP contribution is 2.29. The molecule has 0 atom stereocenters. The Morgan fingerprint density at radius 3 is 2.52 bits per heavy atom. The van der Waals surface area contributed by atoms with E-state index in [2.05, 4.69) is 15.0 Å². The van der Waals surface area contributed by atoms with Crippen LogP contribution >= 0.6 is 22.9 Å². The Morgan fingerprint density at radius 1 is 1.16 bits per heavy atom. The minimum atomic E-state index is -4.54. The summed E-state index contributed by atoms with van der Waals surface area (Å²) >= 11 is 6.55. The van der Waals surface area contributed by atoms with Crippen molar-refractivity contribution in [2.75, 3.05) is 4.72 Å². The summed E-state index contributed by atoms with van der Waals surface area (Å²) in [7, 11) is -4.18. The molecule has 0 spiro atoms. The molecule has 0 aliphatic carbocycles. The molecule has 0 bridgehead atoms. The Bertz CT molecular complexity index is 1230. The normalized spacial score (nSPS) is 11.9. The van der Waals surface area contributed by atoms with Crippen LogP contribution in [0, 0.1) is 5.82 Å². The molecule has 2 aromatic carbocycles. The van der Waals surface area contributed by atoms with Crippen LogP contribution in [0.15, 0.2) is 53.6 Å². The van der Waals surface area contributed by atoms with Gasteiger partial charge >= 0.3 is 6.18 Å². The first-order valence-corrected chi connectivity index (χ1v) is 11.0. The fraction of sp³-hybridized carbons (Fsp3) is 0.111. The fourth-order valence-corrected chi connectivity index (χ4v) is 4.52. The fourth-order valence-electron chi connectivity index (χ4n) is 2.46. The van der Waals surface area contributed by atoms with E-state index in [1.165, 1.54) is 18.3 Å². The number of nitrogens with zero attached hydrogens (tertiary/aromatic N) is 1. The zero-order valence-corrected chi connectivity index (χ0v) is 17.6. The van der Waals surface area contributed by atoms with E-state index < -0.39 is 43.9 Å². The van der Waals surface area contributed by atoms with Crippen molar-refractivity contribution in [3.63, 3.8) is 0 Å². The Labute approximate surface area is 182 Å². The van der Waals surface area contributed by atoms with Crippen LogP contribution in [0.2, 0.25) is 4.34 Å². The van der Waals surface area contributed by atoms with E-state index in [1.807, 2.05) is 0 Å². The number of carbonyl (C=O) groups excluding carboxylic acids is 1. The largest absolute Gasteiger partial charge is 0.416 e. The van der Waals surface area contributed by atoms with Gasteiger partial charge in [0.25, 0.3) is 15.9 Å². The molecule has 3 rings (SSSR count). The molecule has 0 saturated carbocycles. The molecule has 1 amide bonds. The first kappa shape index (κ1) is 23.0. The van der Waals surface area contributed by atoms with Gasteiger partial charge in [-0.2, -0.15) is 13.2 Å². The second-order valence-electron chi connectivity index (χ2n) is 6.10. The molecule has 0 aliphatic rings. The van der Waals surface area contributed by atoms with Crippen LogP contribution in [0.3, 0.4) is 0 Å². The van der Waals surface area contributed by atoms with Gasteiger partial charge in [0, 0.05) is 6.54 Å². The quantitative estimate of drug-likeness (QED) is 0.488. The van der Waals surface area contributed by atoms with E-state index in [9.17, 15) is 30.8 Å². The predicted molar refractivity (Wildman–Crippen MR) is 107 cm³/mol. The summed E-state index contributed by atoms with van der Waals surface area (Å²) in [5, 5.41) is 2.28. The van der Waals surface area contributed by atoms with Crippen LogP contribution in [0.5, 0.6) is 0 Å². The van der Waals surface area contributed by atoms with Crippen molar-refractivity contribution in [3.05, 3.63) is 75.5 Å². The van der Waals surface area contributed by atoms with E-state index in [1.54, 1.807) is 0 Å². The average molecular weight is 494 g/mol. The summed E-state index contributed by atoms with van der Waals surface area (Å²) in [6, 6.07) is 6.93. The van der Waals surface area contributed by atoms with E-state index in [0.717, 1.165) is 35.6 Å². The van der Waals surface area contributed by atoms with Crippen LogP contribution in [-0.2, 0) is 22.7 Å². The van der Waals surface area contributed by atoms with Gasteiger partial charge in [0.2, 0.25) is 0 Å². The van der Waals surface area contributed by atoms with E-state index in [-0.39, 0.29) is 21.6 Å². The number of carbonyl (C=O) groups is 1. The number of sulfonamides is 1. The lowest BCUT2D eigenvalue weighted by Crippen LogP contribution is -2.24. The molecule has 13 heteroatoms. The van der Waals surface area contributed by atoms with E-state index in [4.69, 9.17) is 11.6 Å². The molecule has 0 aliphatic heterocycles. The number of thiazole rings is 1. The van der Waals surface area contributed by atoms with E-state index in [0.29, 0.717) is 6.07 Å². The van der Waals surface area contributed by atoms with E-state index >= 15 is 0 Å². The third-order valence-electron chi connectivity index (χ3n) is 3.90. The monoisotopic (exact) mass is 493 g/mol. The minimum absolute atomic E-state index is 0.0201. The second kappa shape index (κ2) is 8.81. The van der Waals surface area contributed by atoms with Crippen molar-refractivity contribution in [1.29, 1.82) is 0 Å². The average Bonchev–Trinajstić information content (AvgIpc) is 3.09. The van der Waals surface area contributed by atoms with Gasteiger partial charge in [-0.25, -0.2) is 17.8 Å². The lowest BCUT2D eigenvalue weighted by molar-refractivity contribution is -0.137. The van der Waals surface area contributed by atoms with Crippen LogP contribution < -0.4 is 10.0 Å². The molecule has 0 saturated heterocycles. The number of rotatable bonds is 6. The third kappa shape index (κ3) is 5.71. The van der Waals surface area contributed by atoms with Gasteiger partial charge in [0.1, 0.15) is 10.2 Å². The molecular weight excluding hydrogens is 482 g/mol. The van der Waals surface area contributed by atoms with Crippen LogP contribution in [-0.4, -0.2) is 19.3 Å². The van der Waals surface area contributed by atoms with Gasteiger partial charge in [-0.3, -0.25) is 9.52 Å². The number of anilines is 1. The van der Waals surface area contributed by atoms with Gasteiger partial charge in [-0.15, -0.1) is 0 Å². The lowest BCUT2D eigenvalue weighted by Gasteiger charge is -2.11. The summed E-state index contributed by atoms with van der Waals surface area (Å²) in [5.74, 6) is -2.04. The Balaban J connectivity index is 1.71. The maximum absolute atomic E-state index is 14.4. The van der Waals surface area contributed by atoms with Crippen molar-refractivity contribution in [1.82, 2.24) is 10.3 Å². The number of amides is 1. The number of halogens is 5. The standard InChI is InChI=1S/C18H12ClF4N3O3S2/c19-15-9-25-17(30-15)26-31(28,29)12-4-5-13(14(20)7-12)16(27)24-8-10-2-1-3-11(6-10)18(21,22)23/h1-7,9H,8H2,(H,24,27)(H,25,26). The van der Waals surface area contributed by atoms with Crippen LogP contribution in [0.1, 0.15) is 21.5 Å². The van der Waals surface area contributed by atoms with Gasteiger partial charge < -0.3 is 5.32 Å². The Hall–Kier alpha value is -2.70. The number of aromatic nitrogens is 1. The maximum atomic E-state index is 14.4. The number of hydrogen-bond donors (Lipinski definition) is 2. The highest BCUT2D eigenvalue weighted by atomic mass is 35.5. The molecule has 0 fully saturated rings. The van der Waals surface area contributed by atoms with Crippen molar-refractivity contribution in [2.45, 2.75) is 17.6 Å². The molecule has 31 heavy (non-hydrogen) atoms. The first-order chi connectivity index (χ1) is 14.5. The van der Waals surface area contributed by atoms with Gasteiger partial charge in [-0.05, 0) is 35.9 Å². The predicted octanol–water partition coefficient (Wildman–Crippen LogP) is 4.69. The van der Waals surface area contributed by atoms with Crippen molar-refractivity contribution < 1.29 is 30.8 Å². The van der Waals surface area contributed by atoms with Gasteiger partial charge in [0.05, 0.1) is 22.2 Å². The summed E-state index contributed by atoms with van der Waals surface area (Å²) in [5.41, 5.74) is -1.19. The SMILES string of the molecule is O=C(NCc1cccc(C(F)(F)F)c1)c1ccc(S(=O)(=O)Nc2ncc(Cl)s2)cc1F. The number of hydrogen-bond acceptors (Lipinski definition) is 5. The highest BCUT2D eigenvalue weighted by molar-refractivity contribution is 7.93. The molecule has 0 radical (unpaired) electrons. The molecular formula is C18H12ClF4N3O3S2. The smallest absolute Gasteiger partial charge is 0.348 e. The number of nitrogens with one attached hydrogen (secondary N) is 2. The lowest BCUT2D eigenvalue weighted by atomic mass is 10.1. The molecule has 3 aromatic rings. The first-order valence-electron chi connectivity index (χ1n) is 8.34. The van der Waals surface area contributed by atoms with Crippen LogP contribution in [0.25, 0.3) is 0 Å². The Morgan fingerprint density at radius 2 is 1.90 bits per heavy atom. The van der Waals surface area contributed by atoms with Crippen molar-refractivity contribution >= 4 is 44.0 Å². The molecule has 1 aromatic heterocycles. The topological polar surface area (TPSA) is 88.2 Å².